The maximum absolute atomic E-state index is 13.0. The maximum atomic E-state index is 13.0. The number of benzene rings is 2. The van der Waals surface area contributed by atoms with E-state index in [0.29, 0.717) is 17.2 Å². The Hall–Kier alpha value is -3.09. The van der Waals surface area contributed by atoms with Crippen molar-refractivity contribution in [1.29, 1.82) is 0 Å². The van der Waals surface area contributed by atoms with Gasteiger partial charge in [-0.1, -0.05) is 42.0 Å². The molecular formula is C19H15F3N4. The number of alkyl halides is 3. The summed E-state index contributed by atoms with van der Waals surface area (Å²) in [7, 11) is 0. The van der Waals surface area contributed by atoms with Crippen molar-refractivity contribution in [2.24, 2.45) is 0 Å². The molecule has 0 spiro atoms. The van der Waals surface area contributed by atoms with Gasteiger partial charge in [0.05, 0.1) is 5.56 Å². The first-order valence-corrected chi connectivity index (χ1v) is 8.04. The Bertz CT molecular complexity index is 971. The number of aromatic nitrogens is 3. The minimum atomic E-state index is -4.39. The monoisotopic (exact) mass is 356 g/mol. The van der Waals surface area contributed by atoms with Crippen LogP contribution in [0.3, 0.4) is 0 Å². The average Bonchev–Trinajstić information content (AvgIpc) is 3.10. The molecule has 0 radical (unpaired) electrons. The predicted octanol–water partition coefficient (Wildman–Crippen LogP) is 4.66. The summed E-state index contributed by atoms with van der Waals surface area (Å²) in [6.07, 6.45) is -1.10. The molecular weight excluding hydrogens is 341 g/mol. The van der Waals surface area contributed by atoms with Crippen molar-refractivity contribution in [2.45, 2.75) is 19.1 Å². The smallest absolute Gasteiger partial charge is 0.324 e. The Labute approximate surface area is 148 Å². The Morgan fingerprint density at radius 1 is 1.08 bits per heavy atom. The fourth-order valence-corrected chi connectivity index (χ4v) is 2.97. The molecule has 26 heavy (non-hydrogen) atoms. The van der Waals surface area contributed by atoms with Crippen molar-refractivity contribution in [3.8, 4) is 0 Å². The summed E-state index contributed by atoms with van der Waals surface area (Å²) < 4.78 is 40.8. The van der Waals surface area contributed by atoms with Gasteiger partial charge in [-0.15, -0.1) is 0 Å². The van der Waals surface area contributed by atoms with Crippen molar-refractivity contribution in [1.82, 2.24) is 14.8 Å². The molecule has 1 aliphatic heterocycles. The van der Waals surface area contributed by atoms with Crippen molar-refractivity contribution in [3.63, 3.8) is 0 Å². The maximum Gasteiger partial charge on any atom is 0.416 e. The molecule has 4 nitrogen and oxygen atoms in total. The molecule has 2 aromatic carbocycles. The summed E-state index contributed by atoms with van der Waals surface area (Å²) in [5.41, 5.74) is 2.45. The third kappa shape index (κ3) is 2.96. The number of hydrogen-bond acceptors (Lipinski definition) is 3. The van der Waals surface area contributed by atoms with E-state index < -0.39 is 11.7 Å². The highest BCUT2D eigenvalue weighted by molar-refractivity contribution is 5.77. The summed E-state index contributed by atoms with van der Waals surface area (Å²) in [6.45, 7) is 2.00. The van der Waals surface area contributed by atoms with E-state index in [1.165, 1.54) is 12.4 Å². The first-order valence-electron chi connectivity index (χ1n) is 8.04. The van der Waals surface area contributed by atoms with Gasteiger partial charge in [0.15, 0.2) is 0 Å². The van der Waals surface area contributed by atoms with E-state index in [1.807, 2.05) is 37.3 Å². The summed E-state index contributed by atoms with van der Waals surface area (Å²) >= 11 is 0. The van der Waals surface area contributed by atoms with Gasteiger partial charge in [-0.3, -0.25) is 0 Å². The van der Waals surface area contributed by atoms with Crippen molar-refractivity contribution >= 4 is 11.6 Å². The summed E-state index contributed by atoms with van der Waals surface area (Å²) in [5, 5.41) is 7.31. The van der Waals surface area contributed by atoms with Crippen molar-refractivity contribution in [3.05, 3.63) is 83.2 Å². The highest BCUT2D eigenvalue weighted by Gasteiger charge is 2.31. The molecule has 0 amide bonds. The fraction of sp³-hybridized carbons (Fsp3) is 0.158. The number of allylic oxidation sites excluding steroid dienone is 1. The third-order valence-electron chi connectivity index (χ3n) is 4.33. The van der Waals surface area contributed by atoms with Gasteiger partial charge in [-0.05, 0) is 36.3 Å². The van der Waals surface area contributed by atoms with Gasteiger partial charge in [0, 0.05) is 5.70 Å². The minimum absolute atomic E-state index is 0.251. The standard InChI is InChI=1S/C19H15F3N4/c1-12-5-7-13(8-6-12)17-10-16(25-18-23-11-24-26(17)18)14-3-2-4-15(9-14)19(20,21)22/h2-11,17H,1H3,(H,23,24,25). The lowest BCUT2D eigenvalue weighted by molar-refractivity contribution is -0.137. The summed E-state index contributed by atoms with van der Waals surface area (Å²) in [5.74, 6) is 0.491. The van der Waals surface area contributed by atoms with Gasteiger partial charge in [-0.2, -0.15) is 23.3 Å². The number of aryl methyl sites for hydroxylation is 1. The first-order chi connectivity index (χ1) is 12.4. The van der Waals surface area contributed by atoms with Crippen molar-refractivity contribution < 1.29 is 13.2 Å². The Morgan fingerprint density at radius 2 is 1.85 bits per heavy atom. The number of nitrogens with zero attached hydrogens (tertiary/aromatic N) is 3. The zero-order chi connectivity index (χ0) is 18.3. The fourth-order valence-electron chi connectivity index (χ4n) is 2.97. The molecule has 4 rings (SSSR count). The summed E-state index contributed by atoms with van der Waals surface area (Å²) in [4.78, 5) is 4.17. The van der Waals surface area contributed by atoms with Gasteiger partial charge in [0.1, 0.15) is 12.4 Å². The van der Waals surface area contributed by atoms with Crippen LogP contribution in [0.25, 0.3) is 5.70 Å². The van der Waals surface area contributed by atoms with Gasteiger partial charge in [0.25, 0.3) is 0 Å². The number of rotatable bonds is 2. The SMILES string of the molecule is Cc1ccc(C2C=C(c3cccc(C(F)(F)F)c3)Nc3ncnn32)cc1. The zero-order valence-corrected chi connectivity index (χ0v) is 13.8. The predicted molar refractivity (Wildman–Crippen MR) is 92.4 cm³/mol. The van der Waals surface area contributed by atoms with Crippen LogP contribution in [0.5, 0.6) is 0 Å². The normalized spacial score (nSPS) is 16.6. The van der Waals surface area contributed by atoms with Crippen LogP contribution in [0.4, 0.5) is 19.1 Å². The van der Waals surface area contributed by atoms with E-state index in [9.17, 15) is 13.2 Å². The molecule has 0 saturated carbocycles. The lowest BCUT2D eigenvalue weighted by atomic mass is 10.00. The summed E-state index contributed by atoms with van der Waals surface area (Å²) in [6, 6.07) is 12.9. The largest absolute Gasteiger partial charge is 0.416 e. The van der Waals surface area contributed by atoms with Crippen LogP contribution in [0.2, 0.25) is 0 Å². The number of anilines is 1. The average molecular weight is 356 g/mol. The van der Waals surface area contributed by atoms with Gasteiger partial charge >= 0.3 is 6.18 Å². The lowest BCUT2D eigenvalue weighted by Gasteiger charge is -2.24. The van der Waals surface area contributed by atoms with E-state index in [0.717, 1.165) is 23.3 Å². The number of fused-ring (bicyclic) bond motifs is 1. The molecule has 2 heterocycles. The molecule has 1 N–H and O–H groups in total. The molecule has 7 heteroatoms. The molecule has 0 aliphatic carbocycles. The molecule has 1 aliphatic rings. The molecule has 1 unspecified atom stereocenters. The molecule has 1 atom stereocenters. The van der Waals surface area contributed by atoms with E-state index in [1.54, 1.807) is 10.7 Å². The van der Waals surface area contributed by atoms with Crippen LogP contribution >= 0.6 is 0 Å². The second-order valence-electron chi connectivity index (χ2n) is 6.17. The highest BCUT2D eigenvalue weighted by atomic mass is 19.4. The van der Waals surface area contributed by atoms with E-state index in [2.05, 4.69) is 15.4 Å². The lowest BCUT2D eigenvalue weighted by Crippen LogP contribution is -2.20. The number of hydrogen-bond donors (Lipinski definition) is 1. The van der Waals surface area contributed by atoms with Crippen LogP contribution < -0.4 is 5.32 Å². The van der Waals surface area contributed by atoms with Gasteiger partial charge in [0.2, 0.25) is 5.95 Å². The Kier molecular flexibility index (Phi) is 3.79. The molecule has 3 aromatic rings. The zero-order valence-electron chi connectivity index (χ0n) is 13.8. The molecule has 0 fully saturated rings. The second kappa shape index (κ2) is 6.01. The molecule has 1 aromatic heterocycles. The Morgan fingerprint density at radius 3 is 2.58 bits per heavy atom. The van der Waals surface area contributed by atoms with Crippen LogP contribution in [-0.4, -0.2) is 14.8 Å². The van der Waals surface area contributed by atoms with Crippen LogP contribution in [0.15, 0.2) is 60.9 Å². The minimum Gasteiger partial charge on any atom is -0.324 e. The van der Waals surface area contributed by atoms with E-state index >= 15 is 0 Å². The third-order valence-corrected chi connectivity index (χ3v) is 4.33. The topological polar surface area (TPSA) is 42.7 Å². The van der Waals surface area contributed by atoms with Gasteiger partial charge in [-0.25, -0.2) is 4.68 Å². The van der Waals surface area contributed by atoms with E-state index in [-0.39, 0.29) is 6.04 Å². The number of nitrogens with one attached hydrogen (secondary N) is 1. The molecule has 132 valence electrons. The quantitative estimate of drug-likeness (QED) is 0.726. The van der Waals surface area contributed by atoms with Crippen LogP contribution in [0.1, 0.15) is 28.3 Å². The van der Waals surface area contributed by atoms with Crippen LogP contribution in [-0.2, 0) is 6.18 Å². The van der Waals surface area contributed by atoms with Gasteiger partial charge < -0.3 is 5.32 Å². The highest BCUT2D eigenvalue weighted by Crippen LogP contribution is 2.35. The van der Waals surface area contributed by atoms with Crippen molar-refractivity contribution in [2.75, 3.05) is 5.32 Å². The Balaban J connectivity index is 1.79. The molecule has 0 bridgehead atoms. The molecule has 0 saturated heterocycles. The number of halogens is 3. The van der Waals surface area contributed by atoms with E-state index in [4.69, 9.17) is 0 Å². The first kappa shape index (κ1) is 16.4. The van der Waals surface area contributed by atoms with Crippen LogP contribution in [0, 0.1) is 6.92 Å². The second-order valence-corrected chi connectivity index (χ2v) is 6.17.